The monoisotopic (exact) mass is 204 g/mol. The number of halogens is 2. The Bertz CT molecular complexity index is 193. The van der Waals surface area contributed by atoms with Crippen molar-refractivity contribution in [2.75, 3.05) is 0 Å². The van der Waals surface area contributed by atoms with E-state index in [-0.39, 0.29) is 0 Å². The van der Waals surface area contributed by atoms with Gasteiger partial charge >= 0.3 is 0 Å². The van der Waals surface area contributed by atoms with Gasteiger partial charge in [0, 0.05) is 5.92 Å². The minimum atomic E-state index is -2.77. The van der Waals surface area contributed by atoms with Crippen LogP contribution in [-0.4, -0.2) is 11.7 Å². The van der Waals surface area contributed by atoms with Gasteiger partial charge in [-0.1, -0.05) is 25.7 Å². The molecule has 1 nitrogen and oxygen atoms in total. The molecule has 0 aromatic rings. The predicted octanol–water partition coefficient (Wildman–Crippen LogP) is 3.57. The molecule has 1 saturated carbocycles. The zero-order chi connectivity index (χ0) is 10.6. The molecule has 0 amide bonds. The fraction of sp³-hybridized carbons (Fsp3) is 0.909. The lowest BCUT2D eigenvalue weighted by atomic mass is 9.90. The van der Waals surface area contributed by atoms with Gasteiger partial charge in [0.25, 0.3) is 5.92 Å². The highest BCUT2D eigenvalue weighted by molar-refractivity contribution is 5.76. The molecule has 0 aromatic carbocycles. The highest BCUT2D eigenvalue weighted by Crippen LogP contribution is 2.37. The van der Waals surface area contributed by atoms with Crippen molar-refractivity contribution in [3.63, 3.8) is 0 Å². The Morgan fingerprint density at radius 2 is 1.71 bits per heavy atom. The molecule has 0 saturated heterocycles. The Morgan fingerprint density at radius 3 is 2.14 bits per heavy atom. The summed E-state index contributed by atoms with van der Waals surface area (Å²) in [5.41, 5.74) is 0. The van der Waals surface area contributed by atoms with Gasteiger partial charge in [0.2, 0.25) is 0 Å². The number of carbonyl (C=O) groups is 1. The Morgan fingerprint density at radius 1 is 1.21 bits per heavy atom. The van der Waals surface area contributed by atoms with Crippen molar-refractivity contribution in [2.45, 2.75) is 57.8 Å². The normalized spacial score (nSPS) is 20.5. The van der Waals surface area contributed by atoms with Gasteiger partial charge in [-0.05, 0) is 19.8 Å². The van der Waals surface area contributed by atoms with Crippen LogP contribution < -0.4 is 0 Å². The van der Waals surface area contributed by atoms with Crippen LogP contribution in [0.25, 0.3) is 0 Å². The molecule has 1 aliphatic rings. The third-order valence-electron chi connectivity index (χ3n) is 2.94. The van der Waals surface area contributed by atoms with Crippen LogP contribution >= 0.6 is 0 Å². The summed E-state index contributed by atoms with van der Waals surface area (Å²) in [5.74, 6) is -3.73. The fourth-order valence-electron chi connectivity index (χ4n) is 2.18. The lowest BCUT2D eigenvalue weighted by Crippen LogP contribution is -2.30. The third-order valence-corrected chi connectivity index (χ3v) is 2.94. The molecule has 0 aliphatic heterocycles. The maximum Gasteiger partial charge on any atom is 0.257 e. The van der Waals surface area contributed by atoms with Gasteiger partial charge in [-0.15, -0.1) is 0 Å². The van der Waals surface area contributed by atoms with Crippen molar-refractivity contribution >= 4 is 5.78 Å². The van der Waals surface area contributed by atoms with E-state index in [0.29, 0.717) is 12.8 Å². The summed E-state index contributed by atoms with van der Waals surface area (Å²) in [5, 5.41) is 0. The van der Waals surface area contributed by atoms with Crippen molar-refractivity contribution in [2.24, 2.45) is 5.92 Å². The van der Waals surface area contributed by atoms with Crippen molar-refractivity contribution in [3.05, 3.63) is 0 Å². The predicted molar refractivity (Wildman–Crippen MR) is 51.4 cm³/mol. The van der Waals surface area contributed by atoms with E-state index in [4.69, 9.17) is 0 Å². The summed E-state index contributed by atoms with van der Waals surface area (Å²) in [7, 11) is 0. The minimum absolute atomic E-state index is 0.403. The van der Waals surface area contributed by atoms with E-state index in [0.717, 1.165) is 25.7 Å². The number of rotatable bonds is 3. The van der Waals surface area contributed by atoms with Gasteiger partial charge in [0.15, 0.2) is 0 Å². The zero-order valence-corrected chi connectivity index (χ0v) is 8.69. The molecule has 1 aliphatic carbocycles. The van der Waals surface area contributed by atoms with Crippen molar-refractivity contribution < 1.29 is 13.6 Å². The molecule has 0 bridgehead atoms. The van der Waals surface area contributed by atoms with Crippen LogP contribution in [0, 0.1) is 5.92 Å². The lowest BCUT2D eigenvalue weighted by molar-refractivity contribution is -0.129. The molecular formula is C11H18F2O. The van der Waals surface area contributed by atoms with Gasteiger partial charge in [-0.3, -0.25) is 4.79 Å². The summed E-state index contributed by atoms with van der Waals surface area (Å²) in [6.07, 6.45) is 4.49. The van der Waals surface area contributed by atoms with Crippen LogP contribution in [0.1, 0.15) is 51.9 Å². The van der Waals surface area contributed by atoms with Crippen molar-refractivity contribution in [1.82, 2.24) is 0 Å². The molecule has 1 fully saturated rings. The SMILES string of the molecule is CC(=O)CC(F)(F)C1CCCCCC1. The molecule has 82 valence electrons. The lowest BCUT2D eigenvalue weighted by Gasteiger charge is -2.24. The van der Waals surface area contributed by atoms with Crippen LogP contribution in [0.5, 0.6) is 0 Å². The Labute approximate surface area is 83.9 Å². The van der Waals surface area contributed by atoms with Crippen LogP contribution in [0.2, 0.25) is 0 Å². The summed E-state index contributed by atoms with van der Waals surface area (Å²) in [6.45, 7) is 1.24. The Balaban J connectivity index is 2.54. The first-order valence-electron chi connectivity index (χ1n) is 5.39. The van der Waals surface area contributed by atoms with E-state index in [1.54, 1.807) is 0 Å². The van der Waals surface area contributed by atoms with Crippen molar-refractivity contribution in [1.29, 1.82) is 0 Å². The van der Waals surface area contributed by atoms with E-state index in [9.17, 15) is 13.6 Å². The second kappa shape index (κ2) is 4.85. The number of carbonyl (C=O) groups excluding carboxylic acids is 1. The average Bonchev–Trinajstić information content (AvgIpc) is 2.28. The standard InChI is InChI=1S/C11H18F2O/c1-9(14)8-11(12,13)10-6-4-2-3-5-7-10/h10H,2-8H2,1H3. The van der Waals surface area contributed by atoms with Gasteiger partial charge < -0.3 is 0 Å². The second-order valence-electron chi connectivity index (χ2n) is 4.33. The molecule has 0 unspecified atom stereocenters. The highest BCUT2D eigenvalue weighted by Gasteiger charge is 2.39. The molecule has 14 heavy (non-hydrogen) atoms. The highest BCUT2D eigenvalue weighted by atomic mass is 19.3. The summed E-state index contributed by atoms with van der Waals surface area (Å²) in [6, 6.07) is 0. The van der Waals surface area contributed by atoms with Crippen molar-refractivity contribution in [3.8, 4) is 0 Å². The summed E-state index contributed by atoms with van der Waals surface area (Å²) < 4.78 is 27.0. The first kappa shape index (κ1) is 11.6. The summed E-state index contributed by atoms with van der Waals surface area (Å²) >= 11 is 0. The van der Waals surface area contributed by atoms with Gasteiger partial charge in [0.05, 0.1) is 6.42 Å². The number of hydrogen-bond donors (Lipinski definition) is 0. The smallest absolute Gasteiger partial charge is 0.257 e. The van der Waals surface area contributed by atoms with E-state index in [1.165, 1.54) is 6.92 Å². The molecule has 0 aromatic heterocycles. The topological polar surface area (TPSA) is 17.1 Å². The van der Waals surface area contributed by atoms with E-state index in [2.05, 4.69) is 0 Å². The van der Waals surface area contributed by atoms with Gasteiger partial charge in [-0.25, -0.2) is 8.78 Å². The molecule has 0 heterocycles. The van der Waals surface area contributed by atoms with Crippen LogP contribution in [0.4, 0.5) is 8.78 Å². The molecule has 1 rings (SSSR count). The number of Topliss-reactive ketones (excluding diaryl/α,β-unsaturated/α-hetero) is 1. The quantitative estimate of drug-likeness (QED) is 0.642. The first-order valence-corrected chi connectivity index (χ1v) is 5.39. The van der Waals surface area contributed by atoms with E-state index >= 15 is 0 Å². The third kappa shape index (κ3) is 3.35. The maximum absolute atomic E-state index is 13.5. The number of alkyl halides is 2. The van der Waals surface area contributed by atoms with Crippen LogP contribution in [0.3, 0.4) is 0 Å². The first-order chi connectivity index (χ1) is 6.52. The van der Waals surface area contributed by atoms with E-state index in [1.807, 2.05) is 0 Å². The van der Waals surface area contributed by atoms with Crippen LogP contribution in [0.15, 0.2) is 0 Å². The van der Waals surface area contributed by atoms with Crippen LogP contribution in [-0.2, 0) is 4.79 Å². The molecule has 0 spiro atoms. The summed E-state index contributed by atoms with van der Waals surface area (Å²) in [4.78, 5) is 10.7. The Kier molecular flexibility index (Phi) is 4.02. The van der Waals surface area contributed by atoms with E-state index < -0.39 is 24.0 Å². The average molecular weight is 204 g/mol. The fourth-order valence-corrected chi connectivity index (χ4v) is 2.18. The molecular weight excluding hydrogens is 186 g/mol. The Hall–Kier alpha value is -0.470. The maximum atomic E-state index is 13.5. The van der Waals surface area contributed by atoms with Gasteiger partial charge in [-0.2, -0.15) is 0 Å². The molecule has 3 heteroatoms. The second-order valence-corrected chi connectivity index (χ2v) is 4.33. The minimum Gasteiger partial charge on any atom is -0.300 e. The number of hydrogen-bond acceptors (Lipinski definition) is 1. The zero-order valence-electron chi connectivity index (χ0n) is 8.69. The molecule has 0 atom stereocenters. The molecule has 0 N–H and O–H groups in total. The largest absolute Gasteiger partial charge is 0.300 e. The number of ketones is 1. The van der Waals surface area contributed by atoms with Gasteiger partial charge in [0.1, 0.15) is 5.78 Å². The molecule has 0 radical (unpaired) electrons.